The van der Waals surface area contributed by atoms with Crippen LogP contribution in [0.5, 0.6) is 0 Å². The SMILES string of the molecule is O=c1cnn(-c2cc(Br)c(Cc3nn(C4CCCCC4)c(=O)o3)c(Br)c2)c(=O)[nH]1. The van der Waals surface area contributed by atoms with Gasteiger partial charge in [-0.1, -0.05) is 51.1 Å². The van der Waals surface area contributed by atoms with Gasteiger partial charge in [0.2, 0.25) is 5.89 Å². The number of hydrogen-bond acceptors (Lipinski definition) is 6. The van der Waals surface area contributed by atoms with Gasteiger partial charge in [0, 0.05) is 8.95 Å². The molecule has 0 bridgehead atoms. The fourth-order valence-electron chi connectivity index (χ4n) is 3.53. The largest absolute Gasteiger partial charge is 0.437 e. The highest BCUT2D eigenvalue weighted by atomic mass is 79.9. The summed E-state index contributed by atoms with van der Waals surface area (Å²) in [6.45, 7) is 0. The van der Waals surface area contributed by atoms with Crippen LogP contribution in [0.2, 0.25) is 0 Å². The summed E-state index contributed by atoms with van der Waals surface area (Å²) in [4.78, 5) is 37.6. The third-order valence-electron chi connectivity index (χ3n) is 4.94. The first-order valence-electron chi connectivity index (χ1n) is 9.18. The molecule has 0 amide bonds. The Labute approximate surface area is 181 Å². The van der Waals surface area contributed by atoms with E-state index in [4.69, 9.17) is 4.42 Å². The molecule has 0 atom stereocenters. The Morgan fingerprint density at radius 1 is 1.10 bits per heavy atom. The van der Waals surface area contributed by atoms with E-state index in [2.05, 4.69) is 47.0 Å². The second-order valence-corrected chi connectivity index (χ2v) is 8.62. The molecule has 2 aromatic heterocycles. The van der Waals surface area contributed by atoms with Gasteiger partial charge in [-0.15, -0.1) is 5.10 Å². The second-order valence-electron chi connectivity index (χ2n) is 6.91. The molecule has 29 heavy (non-hydrogen) atoms. The van der Waals surface area contributed by atoms with Crippen molar-refractivity contribution >= 4 is 31.9 Å². The zero-order valence-electron chi connectivity index (χ0n) is 15.2. The zero-order chi connectivity index (χ0) is 20.5. The summed E-state index contributed by atoms with van der Waals surface area (Å²) in [5, 5.41) is 8.26. The molecule has 1 fully saturated rings. The zero-order valence-corrected chi connectivity index (χ0v) is 18.4. The van der Waals surface area contributed by atoms with Crippen molar-refractivity contribution < 1.29 is 4.42 Å². The van der Waals surface area contributed by atoms with Crippen molar-refractivity contribution in [2.75, 3.05) is 0 Å². The van der Waals surface area contributed by atoms with Gasteiger partial charge in [-0.05, 0) is 30.5 Å². The molecule has 0 unspecified atom stereocenters. The number of nitrogens with one attached hydrogen (secondary N) is 1. The Hall–Kier alpha value is -2.27. The number of hydrogen-bond donors (Lipinski definition) is 1. The van der Waals surface area contributed by atoms with Crippen LogP contribution in [0.3, 0.4) is 0 Å². The summed E-state index contributed by atoms with van der Waals surface area (Å²) in [5.74, 6) is -0.103. The van der Waals surface area contributed by atoms with Crippen LogP contribution in [0.1, 0.15) is 49.6 Å². The smallest absolute Gasteiger partial charge is 0.392 e. The Morgan fingerprint density at radius 2 is 1.79 bits per heavy atom. The molecule has 4 rings (SSSR count). The fraction of sp³-hybridized carbons (Fsp3) is 0.389. The molecule has 2 heterocycles. The number of H-pyrrole nitrogens is 1. The quantitative estimate of drug-likeness (QED) is 0.558. The molecule has 0 saturated heterocycles. The van der Waals surface area contributed by atoms with Gasteiger partial charge in [0.1, 0.15) is 6.20 Å². The minimum atomic E-state index is -0.638. The molecule has 0 spiro atoms. The van der Waals surface area contributed by atoms with Gasteiger partial charge < -0.3 is 4.42 Å². The lowest BCUT2D eigenvalue weighted by Gasteiger charge is -2.19. The molecule has 9 nitrogen and oxygen atoms in total. The number of rotatable bonds is 4. The van der Waals surface area contributed by atoms with E-state index in [1.807, 2.05) is 0 Å². The predicted molar refractivity (Wildman–Crippen MR) is 112 cm³/mol. The molecule has 0 radical (unpaired) electrons. The first-order valence-corrected chi connectivity index (χ1v) is 10.8. The lowest BCUT2D eigenvalue weighted by Crippen LogP contribution is -2.30. The first-order chi connectivity index (χ1) is 13.9. The first kappa shape index (κ1) is 20.0. The number of benzene rings is 1. The predicted octanol–water partition coefficient (Wildman–Crippen LogP) is 2.69. The summed E-state index contributed by atoms with van der Waals surface area (Å²) in [6.07, 6.45) is 6.58. The average Bonchev–Trinajstić information content (AvgIpc) is 3.05. The van der Waals surface area contributed by atoms with Crippen LogP contribution in [-0.2, 0) is 6.42 Å². The molecule has 1 saturated carbocycles. The van der Waals surface area contributed by atoms with Gasteiger partial charge in [-0.3, -0.25) is 9.78 Å². The Balaban J connectivity index is 1.64. The van der Waals surface area contributed by atoms with Gasteiger partial charge >= 0.3 is 11.4 Å². The highest BCUT2D eigenvalue weighted by Crippen LogP contribution is 2.31. The lowest BCUT2D eigenvalue weighted by molar-refractivity contribution is 0.310. The van der Waals surface area contributed by atoms with Crippen LogP contribution >= 0.6 is 31.9 Å². The third kappa shape index (κ3) is 4.20. The molecule has 3 aromatic rings. The van der Waals surface area contributed by atoms with Crippen molar-refractivity contribution in [3.05, 3.63) is 70.1 Å². The molecule has 11 heteroatoms. The molecule has 1 aliphatic rings. The molecule has 1 N–H and O–H groups in total. The van der Waals surface area contributed by atoms with Crippen molar-refractivity contribution in [3.63, 3.8) is 0 Å². The average molecular weight is 527 g/mol. The van der Waals surface area contributed by atoms with Crippen LogP contribution in [0.25, 0.3) is 5.69 Å². The maximum absolute atomic E-state index is 12.2. The van der Waals surface area contributed by atoms with E-state index in [0.717, 1.165) is 42.1 Å². The highest BCUT2D eigenvalue weighted by Gasteiger charge is 2.21. The summed E-state index contributed by atoms with van der Waals surface area (Å²) >= 11 is 6.99. The van der Waals surface area contributed by atoms with Gasteiger partial charge in [0.05, 0.1) is 18.2 Å². The van der Waals surface area contributed by atoms with E-state index in [0.29, 0.717) is 26.9 Å². The van der Waals surface area contributed by atoms with Crippen molar-refractivity contribution in [2.45, 2.75) is 44.6 Å². The standard InChI is InChI=1S/C18H17Br2N5O4/c19-13-6-11(24-17(27)22-15(26)9-21-24)7-14(20)12(13)8-16-23-25(18(28)29-16)10-4-2-1-3-5-10/h6-7,9-10H,1-5,8H2,(H,22,26,27). The van der Waals surface area contributed by atoms with Crippen LogP contribution < -0.4 is 17.0 Å². The maximum Gasteiger partial charge on any atom is 0.437 e. The van der Waals surface area contributed by atoms with E-state index in [1.54, 1.807) is 12.1 Å². The van der Waals surface area contributed by atoms with Gasteiger partial charge in [-0.2, -0.15) is 14.5 Å². The van der Waals surface area contributed by atoms with Crippen LogP contribution in [0.15, 0.2) is 46.1 Å². The van der Waals surface area contributed by atoms with Crippen molar-refractivity contribution in [1.29, 1.82) is 0 Å². The Morgan fingerprint density at radius 3 is 2.45 bits per heavy atom. The monoisotopic (exact) mass is 525 g/mol. The summed E-state index contributed by atoms with van der Waals surface area (Å²) in [6, 6.07) is 3.49. The number of halogens is 2. The van der Waals surface area contributed by atoms with Gasteiger partial charge in [-0.25, -0.2) is 9.59 Å². The summed E-state index contributed by atoms with van der Waals surface area (Å²) < 4.78 is 9.28. The van der Waals surface area contributed by atoms with E-state index in [1.165, 1.54) is 11.1 Å². The van der Waals surface area contributed by atoms with Crippen molar-refractivity contribution in [1.82, 2.24) is 24.5 Å². The highest BCUT2D eigenvalue weighted by molar-refractivity contribution is 9.11. The van der Waals surface area contributed by atoms with E-state index in [9.17, 15) is 14.4 Å². The molecule has 1 aliphatic carbocycles. The van der Waals surface area contributed by atoms with Gasteiger partial charge in [0.25, 0.3) is 5.56 Å². The third-order valence-corrected chi connectivity index (χ3v) is 6.36. The van der Waals surface area contributed by atoms with E-state index in [-0.39, 0.29) is 6.04 Å². The molecule has 152 valence electrons. The molecular formula is C18H17Br2N5O4. The fourth-order valence-corrected chi connectivity index (χ4v) is 4.97. The second kappa shape index (κ2) is 8.23. The molecular weight excluding hydrogens is 510 g/mol. The minimum absolute atomic E-state index is 0.0983. The molecule has 1 aromatic carbocycles. The van der Waals surface area contributed by atoms with Crippen molar-refractivity contribution in [3.8, 4) is 5.69 Å². The molecule has 0 aliphatic heterocycles. The summed E-state index contributed by atoms with van der Waals surface area (Å²) in [5.41, 5.74) is 0.0667. The number of aromatic nitrogens is 5. The number of aromatic amines is 1. The van der Waals surface area contributed by atoms with Crippen LogP contribution in [-0.4, -0.2) is 24.5 Å². The normalized spacial score (nSPS) is 15.0. The van der Waals surface area contributed by atoms with E-state index < -0.39 is 17.0 Å². The van der Waals surface area contributed by atoms with Gasteiger partial charge in [0.15, 0.2) is 0 Å². The Kier molecular flexibility index (Phi) is 5.68. The summed E-state index contributed by atoms with van der Waals surface area (Å²) in [7, 11) is 0. The van der Waals surface area contributed by atoms with Crippen LogP contribution in [0.4, 0.5) is 0 Å². The minimum Gasteiger partial charge on any atom is -0.392 e. The maximum atomic E-state index is 12.2. The number of nitrogens with zero attached hydrogens (tertiary/aromatic N) is 4. The van der Waals surface area contributed by atoms with Crippen molar-refractivity contribution in [2.24, 2.45) is 0 Å². The van der Waals surface area contributed by atoms with E-state index >= 15 is 0 Å². The topological polar surface area (TPSA) is 116 Å². The lowest BCUT2D eigenvalue weighted by atomic mass is 9.96. The van der Waals surface area contributed by atoms with Crippen LogP contribution in [0, 0.1) is 0 Å². The Bertz CT molecular complexity index is 1200.